The lowest BCUT2D eigenvalue weighted by Gasteiger charge is -2.18. The first-order chi connectivity index (χ1) is 15.5. The van der Waals surface area contributed by atoms with Crippen molar-refractivity contribution in [3.8, 4) is 11.3 Å². The fraction of sp³-hybridized carbons (Fsp3) is 0.435. The van der Waals surface area contributed by atoms with Crippen LogP contribution in [0.25, 0.3) is 11.3 Å². The van der Waals surface area contributed by atoms with E-state index < -0.39 is 0 Å². The second-order valence-corrected chi connectivity index (χ2v) is 8.68. The minimum atomic E-state index is -0.207. The van der Waals surface area contributed by atoms with Crippen molar-refractivity contribution in [2.75, 3.05) is 18.0 Å². The van der Waals surface area contributed by atoms with Gasteiger partial charge < -0.3 is 14.7 Å². The lowest BCUT2D eigenvalue weighted by Crippen LogP contribution is -2.34. The number of hydrogen-bond acceptors (Lipinski definition) is 7. The summed E-state index contributed by atoms with van der Waals surface area (Å²) in [5, 5.41) is 11.6. The molecule has 1 amide bonds. The van der Waals surface area contributed by atoms with Crippen molar-refractivity contribution in [2.45, 2.75) is 45.7 Å². The first-order valence-corrected chi connectivity index (χ1v) is 11.0. The second-order valence-electron chi connectivity index (χ2n) is 8.68. The van der Waals surface area contributed by atoms with Crippen molar-refractivity contribution in [2.24, 2.45) is 5.92 Å². The van der Waals surface area contributed by atoms with Gasteiger partial charge in [0.25, 0.3) is 5.56 Å². The van der Waals surface area contributed by atoms with Crippen LogP contribution in [0.5, 0.6) is 0 Å². The highest BCUT2D eigenvalue weighted by Gasteiger charge is 2.32. The number of nitrogens with zero attached hydrogens (tertiary/aromatic N) is 5. The number of aryl methyl sites for hydroxylation is 2. The summed E-state index contributed by atoms with van der Waals surface area (Å²) in [6.07, 6.45) is 6.39. The van der Waals surface area contributed by atoms with Gasteiger partial charge in [0, 0.05) is 48.2 Å². The minimum absolute atomic E-state index is 0.0386. The largest absolute Gasteiger partial charge is 0.369 e. The molecule has 1 N–H and O–H groups in total. The number of amides is 1. The van der Waals surface area contributed by atoms with Crippen molar-refractivity contribution in [1.29, 1.82) is 0 Å². The van der Waals surface area contributed by atoms with Crippen LogP contribution in [0.4, 0.5) is 5.69 Å². The zero-order valence-corrected chi connectivity index (χ0v) is 18.2. The Morgan fingerprint density at radius 3 is 2.78 bits per heavy atom. The molecule has 3 aromatic rings. The first kappa shape index (κ1) is 20.4. The van der Waals surface area contributed by atoms with Gasteiger partial charge in [-0.05, 0) is 45.2 Å². The maximum absolute atomic E-state index is 12.8. The highest BCUT2D eigenvalue weighted by molar-refractivity contribution is 5.80. The molecule has 166 valence electrons. The molecule has 1 unspecified atom stereocenters. The van der Waals surface area contributed by atoms with E-state index in [-0.39, 0.29) is 23.9 Å². The van der Waals surface area contributed by atoms with Gasteiger partial charge in [0.1, 0.15) is 11.5 Å². The molecule has 0 radical (unpaired) electrons. The molecule has 3 aromatic heterocycles. The number of aromatic nitrogens is 4. The lowest BCUT2D eigenvalue weighted by atomic mass is 10.1. The highest BCUT2D eigenvalue weighted by Crippen LogP contribution is 2.27. The Morgan fingerprint density at radius 1 is 1.22 bits per heavy atom. The molecule has 32 heavy (non-hydrogen) atoms. The maximum Gasteiger partial charge on any atom is 0.269 e. The van der Waals surface area contributed by atoms with Gasteiger partial charge in [-0.25, -0.2) is 4.68 Å². The van der Waals surface area contributed by atoms with Crippen LogP contribution in [0.3, 0.4) is 0 Å². The van der Waals surface area contributed by atoms with E-state index in [0.29, 0.717) is 24.0 Å². The standard InChI is InChI=1S/C23H26N6O3/c1-14-3-4-16(10-24-14)22-20(15(2)32-27-22)13-29-21(30)9-19(11-25-29)28-8-7-17(12-28)23(31)26-18-5-6-18/h3-4,9-11,17-18H,5-8,12-13H2,1-2H3,(H,26,31). The number of carbonyl (C=O) groups is 1. The lowest BCUT2D eigenvalue weighted by molar-refractivity contribution is -0.124. The third-order valence-corrected chi connectivity index (χ3v) is 6.18. The van der Waals surface area contributed by atoms with E-state index in [1.807, 2.05) is 26.0 Å². The normalized spacial score (nSPS) is 18.2. The number of anilines is 1. The zero-order valence-electron chi connectivity index (χ0n) is 18.2. The molecule has 1 aliphatic carbocycles. The quantitative estimate of drug-likeness (QED) is 0.633. The average molecular weight is 435 g/mol. The molecule has 1 saturated heterocycles. The summed E-state index contributed by atoms with van der Waals surface area (Å²) >= 11 is 0. The van der Waals surface area contributed by atoms with Crippen LogP contribution in [0.2, 0.25) is 0 Å². The molecule has 5 rings (SSSR count). The van der Waals surface area contributed by atoms with E-state index in [9.17, 15) is 9.59 Å². The Balaban J connectivity index is 1.32. The van der Waals surface area contributed by atoms with Crippen molar-refractivity contribution < 1.29 is 9.32 Å². The van der Waals surface area contributed by atoms with Crippen LogP contribution in [-0.2, 0) is 11.3 Å². The Morgan fingerprint density at radius 2 is 2.06 bits per heavy atom. The van der Waals surface area contributed by atoms with Crippen LogP contribution < -0.4 is 15.8 Å². The molecule has 1 atom stereocenters. The van der Waals surface area contributed by atoms with Gasteiger partial charge in [-0.2, -0.15) is 5.10 Å². The smallest absolute Gasteiger partial charge is 0.269 e. The van der Waals surface area contributed by atoms with Crippen LogP contribution in [0, 0.1) is 19.8 Å². The summed E-state index contributed by atoms with van der Waals surface area (Å²) in [6.45, 7) is 5.35. The fourth-order valence-electron chi connectivity index (χ4n) is 4.03. The molecule has 9 heteroatoms. The van der Waals surface area contributed by atoms with Gasteiger partial charge in [-0.3, -0.25) is 14.6 Å². The Bertz CT molecular complexity index is 1200. The van der Waals surface area contributed by atoms with Gasteiger partial charge in [0.2, 0.25) is 5.91 Å². The summed E-state index contributed by atoms with van der Waals surface area (Å²) in [4.78, 5) is 31.5. The topological polar surface area (TPSA) is 106 Å². The predicted octanol–water partition coefficient (Wildman–Crippen LogP) is 2.06. The average Bonchev–Trinajstić information content (AvgIpc) is 3.32. The van der Waals surface area contributed by atoms with E-state index in [1.54, 1.807) is 18.5 Å². The highest BCUT2D eigenvalue weighted by atomic mass is 16.5. The summed E-state index contributed by atoms with van der Waals surface area (Å²) in [6, 6.07) is 5.80. The SMILES string of the molecule is Cc1ccc(-c2noc(C)c2Cn2ncc(N3CCC(C(=O)NC4CC4)C3)cc2=O)cn1. The molecule has 2 fully saturated rings. The first-order valence-electron chi connectivity index (χ1n) is 11.0. The Kier molecular flexibility index (Phi) is 5.24. The van der Waals surface area contributed by atoms with Crippen molar-refractivity contribution in [1.82, 2.24) is 25.2 Å². The summed E-state index contributed by atoms with van der Waals surface area (Å²) < 4.78 is 6.80. The van der Waals surface area contributed by atoms with Gasteiger partial charge in [-0.1, -0.05) is 5.16 Å². The third kappa shape index (κ3) is 4.15. The van der Waals surface area contributed by atoms with Crippen LogP contribution in [0.15, 0.2) is 39.9 Å². The van der Waals surface area contributed by atoms with Gasteiger partial charge in [0.05, 0.1) is 24.3 Å². The number of carbonyl (C=O) groups excluding carboxylic acids is 1. The molecule has 9 nitrogen and oxygen atoms in total. The summed E-state index contributed by atoms with van der Waals surface area (Å²) in [5.74, 6) is 0.725. The molecule has 0 spiro atoms. The summed E-state index contributed by atoms with van der Waals surface area (Å²) in [7, 11) is 0. The van der Waals surface area contributed by atoms with Crippen molar-refractivity contribution in [3.63, 3.8) is 0 Å². The fourth-order valence-corrected chi connectivity index (χ4v) is 4.03. The number of pyridine rings is 1. The zero-order chi connectivity index (χ0) is 22.2. The molecular weight excluding hydrogens is 408 g/mol. The molecule has 0 bridgehead atoms. The minimum Gasteiger partial charge on any atom is -0.369 e. The number of nitrogens with one attached hydrogen (secondary N) is 1. The van der Waals surface area contributed by atoms with E-state index in [0.717, 1.165) is 48.3 Å². The summed E-state index contributed by atoms with van der Waals surface area (Å²) in [5.41, 5.74) is 3.76. The third-order valence-electron chi connectivity index (χ3n) is 6.18. The molecule has 2 aliphatic rings. The van der Waals surface area contributed by atoms with E-state index in [2.05, 4.69) is 25.5 Å². The van der Waals surface area contributed by atoms with E-state index in [4.69, 9.17) is 4.52 Å². The van der Waals surface area contributed by atoms with Crippen LogP contribution in [-0.4, -0.2) is 45.0 Å². The van der Waals surface area contributed by atoms with Crippen molar-refractivity contribution in [3.05, 3.63) is 58.0 Å². The number of hydrogen-bond donors (Lipinski definition) is 1. The van der Waals surface area contributed by atoms with E-state index >= 15 is 0 Å². The monoisotopic (exact) mass is 434 g/mol. The molecule has 0 aromatic carbocycles. The van der Waals surface area contributed by atoms with Gasteiger partial charge in [-0.15, -0.1) is 0 Å². The van der Waals surface area contributed by atoms with Crippen LogP contribution in [0.1, 0.15) is 36.3 Å². The van der Waals surface area contributed by atoms with Gasteiger partial charge >= 0.3 is 0 Å². The molecule has 1 aliphatic heterocycles. The van der Waals surface area contributed by atoms with Gasteiger partial charge in [0.15, 0.2) is 0 Å². The molecule has 4 heterocycles. The maximum atomic E-state index is 12.8. The predicted molar refractivity (Wildman–Crippen MR) is 118 cm³/mol. The van der Waals surface area contributed by atoms with Crippen molar-refractivity contribution >= 4 is 11.6 Å². The van der Waals surface area contributed by atoms with Crippen LogP contribution >= 0.6 is 0 Å². The second kappa shape index (κ2) is 8.22. The molecular formula is C23H26N6O3. The Hall–Kier alpha value is -3.49. The Labute approximate surface area is 185 Å². The molecule has 1 saturated carbocycles. The number of rotatable bonds is 6. The van der Waals surface area contributed by atoms with E-state index in [1.165, 1.54) is 4.68 Å².